The number of benzene rings is 1. The molecule has 1 aliphatic rings. The molecule has 2 aromatic heterocycles. The minimum absolute atomic E-state index is 0.562. The third-order valence-corrected chi connectivity index (χ3v) is 4.08. The number of halogens is 2. The topological polar surface area (TPSA) is 43.0 Å². The van der Waals surface area contributed by atoms with Gasteiger partial charge < -0.3 is 9.73 Å². The van der Waals surface area contributed by atoms with E-state index in [1.807, 2.05) is 22.9 Å². The number of furan rings is 1. The highest BCUT2D eigenvalue weighted by atomic mass is 35.5. The van der Waals surface area contributed by atoms with Crippen molar-refractivity contribution in [2.24, 2.45) is 0 Å². The van der Waals surface area contributed by atoms with Gasteiger partial charge in [-0.3, -0.25) is 0 Å². The summed E-state index contributed by atoms with van der Waals surface area (Å²) >= 11 is 12.3. The Bertz CT molecular complexity index is 809. The monoisotopic (exact) mass is 319 g/mol. The molecule has 0 amide bonds. The van der Waals surface area contributed by atoms with E-state index in [2.05, 4.69) is 10.4 Å². The quantitative estimate of drug-likeness (QED) is 0.761. The Morgan fingerprint density at radius 3 is 2.90 bits per heavy atom. The van der Waals surface area contributed by atoms with Crippen LogP contribution in [0.2, 0.25) is 10.0 Å². The molecule has 0 aliphatic carbocycles. The van der Waals surface area contributed by atoms with Crippen LogP contribution in [0, 0.1) is 0 Å². The van der Waals surface area contributed by atoms with Crippen molar-refractivity contribution in [2.45, 2.75) is 6.42 Å². The maximum Gasteiger partial charge on any atom is 0.154 e. The Morgan fingerprint density at radius 1 is 1.24 bits per heavy atom. The number of anilines is 1. The number of aromatic nitrogens is 2. The summed E-state index contributed by atoms with van der Waals surface area (Å²) in [6.45, 7) is 0.881. The number of rotatable bonds is 2. The summed E-state index contributed by atoms with van der Waals surface area (Å²) in [6.07, 6.45) is 2.56. The predicted molar refractivity (Wildman–Crippen MR) is 83.5 cm³/mol. The van der Waals surface area contributed by atoms with Crippen LogP contribution in [0.5, 0.6) is 0 Å². The smallest absolute Gasteiger partial charge is 0.154 e. The van der Waals surface area contributed by atoms with E-state index in [9.17, 15) is 0 Å². The van der Waals surface area contributed by atoms with Gasteiger partial charge in [-0.05, 0) is 36.8 Å². The van der Waals surface area contributed by atoms with Gasteiger partial charge in [-0.2, -0.15) is 5.10 Å². The molecule has 3 aromatic rings. The summed E-state index contributed by atoms with van der Waals surface area (Å²) in [6, 6.07) is 9.16. The molecule has 0 bridgehead atoms. The zero-order valence-corrected chi connectivity index (χ0v) is 12.4. The zero-order chi connectivity index (χ0) is 14.4. The van der Waals surface area contributed by atoms with Crippen LogP contribution in [0.4, 0.5) is 5.82 Å². The fourth-order valence-electron chi connectivity index (χ4n) is 2.61. The fraction of sp³-hybridized carbons (Fsp3) is 0.133. The first-order valence-corrected chi connectivity index (χ1v) is 7.35. The second kappa shape index (κ2) is 4.83. The summed E-state index contributed by atoms with van der Waals surface area (Å²) in [4.78, 5) is 0. The summed E-state index contributed by atoms with van der Waals surface area (Å²) in [7, 11) is 0. The van der Waals surface area contributed by atoms with Crippen molar-refractivity contribution in [3.63, 3.8) is 0 Å². The molecule has 4 rings (SSSR count). The summed E-state index contributed by atoms with van der Waals surface area (Å²) < 4.78 is 7.30. The summed E-state index contributed by atoms with van der Waals surface area (Å²) in [5, 5.41) is 9.19. The van der Waals surface area contributed by atoms with Gasteiger partial charge in [-0.15, -0.1) is 0 Å². The molecule has 0 saturated carbocycles. The molecule has 0 spiro atoms. The van der Waals surface area contributed by atoms with Crippen LogP contribution in [0.1, 0.15) is 5.56 Å². The molecule has 0 atom stereocenters. The molecule has 3 heterocycles. The lowest BCUT2D eigenvalue weighted by Crippen LogP contribution is -2.04. The van der Waals surface area contributed by atoms with Gasteiger partial charge in [0.2, 0.25) is 0 Å². The number of fused-ring (bicyclic) bond motifs is 1. The van der Waals surface area contributed by atoms with E-state index in [1.165, 1.54) is 0 Å². The molecule has 6 heteroatoms. The van der Waals surface area contributed by atoms with Crippen LogP contribution in [0.15, 0.2) is 41.0 Å². The fourth-order valence-corrected chi connectivity index (χ4v) is 3.10. The normalized spacial score (nSPS) is 13.2. The van der Waals surface area contributed by atoms with E-state index in [0.717, 1.165) is 41.5 Å². The Labute approximate surface area is 131 Å². The van der Waals surface area contributed by atoms with Crippen molar-refractivity contribution >= 4 is 29.0 Å². The Hall–Kier alpha value is -1.91. The van der Waals surface area contributed by atoms with Crippen LogP contribution in [-0.4, -0.2) is 16.3 Å². The molecule has 1 N–H and O–H groups in total. The van der Waals surface area contributed by atoms with Gasteiger partial charge in [0, 0.05) is 17.1 Å². The van der Waals surface area contributed by atoms with Crippen LogP contribution >= 0.6 is 23.2 Å². The highest BCUT2D eigenvalue weighted by Crippen LogP contribution is 2.36. The van der Waals surface area contributed by atoms with Crippen molar-refractivity contribution in [2.75, 3.05) is 11.9 Å². The SMILES string of the molecule is Clc1ccc(-n2nc(-c3ccco3)c3c2NCC3)c(Cl)c1. The lowest BCUT2D eigenvalue weighted by molar-refractivity contribution is 0.578. The van der Waals surface area contributed by atoms with E-state index in [0.29, 0.717) is 10.0 Å². The second-order valence-electron chi connectivity index (χ2n) is 4.84. The number of hydrogen-bond donors (Lipinski definition) is 1. The zero-order valence-electron chi connectivity index (χ0n) is 10.9. The van der Waals surface area contributed by atoms with E-state index < -0.39 is 0 Å². The van der Waals surface area contributed by atoms with E-state index in [4.69, 9.17) is 27.6 Å². The number of nitrogens with one attached hydrogen (secondary N) is 1. The third kappa shape index (κ3) is 2.03. The maximum absolute atomic E-state index is 6.30. The Balaban J connectivity index is 1.92. The molecule has 4 nitrogen and oxygen atoms in total. The van der Waals surface area contributed by atoms with Gasteiger partial charge in [0.15, 0.2) is 5.76 Å². The van der Waals surface area contributed by atoms with Crippen LogP contribution in [0.25, 0.3) is 17.1 Å². The van der Waals surface area contributed by atoms with Gasteiger partial charge >= 0.3 is 0 Å². The van der Waals surface area contributed by atoms with Crippen LogP contribution < -0.4 is 5.32 Å². The number of nitrogens with zero attached hydrogens (tertiary/aromatic N) is 2. The molecule has 21 heavy (non-hydrogen) atoms. The van der Waals surface area contributed by atoms with Gasteiger partial charge in [0.1, 0.15) is 11.5 Å². The first kappa shape index (κ1) is 12.8. The lowest BCUT2D eigenvalue weighted by atomic mass is 10.2. The van der Waals surface area contributed by atoms with Crippen LogP contribution in [-0.2, 0) is 6.42 Å². The van der Waals surface area contributed by atoms with E-state index in [-0.39, 0.29) is 0 Å². The average molecular weight is 320 g/mol. The molecule has 0 saturated heterocycles. The van der Waals surface area contributed by atoms with Crippen molar-refractivity contribution in [3.05, 3.63) is 52.2 Å². The summed E-state index contributed by atoms with van der Waals surface area (Å²) in [5.74, 6) is 1.73. The lowest BCUT2D eigenvalue weighted by Gasteiger charge is -2.08. The third-order valence-electron chi connectivity index (χ3n) is 3.54. The molecular formula is C15H11Cl2N3O. The van der Waals surface area contributed by atoms with Gasteiger partial charge in [0.05, 0.1) is 17.0 Å². The minimum atomic E-state index is 0.562. The van der Waals surface area contributed by atoms with E-state index in [1.54, 1.807) is 18.4 Å². The molecular weight excluding hydrogens is 309 g/mol. The largest absolute Gasteiger partial charge is 0.463 e. The number of hydrogen-bond acceptors (Lipinski definition) is 3. The highest BCUT2D eigenvalue weighted by molar-refractivity contribution is 6.35. The van der Waals surface area contributed by atoms with Crippen molar-refractivity contribution in [1.29, 1.82) is 0 Å². The summed E-state index contributed by atoms with van der Waals surface area (Å²) in [5.41, 5.74) is 2.80. The molecule has 1 aliphatic heterocycles. The van der Waals surface area contributed by atoms with Gasteiger partial charge in [-0.1, -0.05) is 23.2 Å². The molecule has 0 unspecified atom stereocenters. The highest BCUT2D eigenvalue weighted by Gasteiger charge is 2.25. The van der Waals surface area contributed by atoms with E-state index >= 15 is 0 Å². The second-order valence-corrected chi connectivity index (χ2v) is 5.68. The van der Waals surface area contributed by atoms with Crippen molar-refractivity contribution < 1.29 is 4.42 Å². The molecule has 0 fully saturated rings. The van der Waals surface area contributed by atoms with Crippen molar-refractivity contribution in [3.8, 4) is 17.1 Å². The molecule has 0 radical (unpaired) electrons. The van der Waals surface area contributed by atoms with Crippen LogP contribution in [0.3, 0.4) is 0 Å². The first-order valence-electron chi connectivity index (χ1n) is 6.59. The predicted octanol–water partition coefficient (Wildman–Crippen LogP) is 4.41. The first-order chi connectivity index (χ1) is 10.2. The Morgan fingerprint density at radius 2 is 2.14 bits per heavy atom. The van der Waals surface area contributed by atoms with Gasteiger partial charge in [0.25, 0.3) is 0 Å². The molecule has 1 aromatic carbocycles. The average Bonchev–Trinajstić information content (AvgIpc) is 3.15. The molecule has 106 valence electrons. The van der Waals surface area contributed by atoms with Gasteiger partial charge in [-0.25, -0.2) is 4.68 Å². The maximum atomic E-state index is 6.30. The standard InChI is InChI=1S/C15H11Cl2N3O/c16-9-3-4-12(11(17)8-9)20-15-10(5-6-18-15)14(19-20)13-2-1-7-21-13/h1-4,7-8,18H,5-6H2. The Kier molecular flexibility index (Phi) is 2.94. The minimum Gasteiger partial charge on any atom is -0.463 e. The van der Waals surface area contributed by atoms with Crippen molar-refractivity contribution in [1.82, 2.24) is 9.78 Å².